The van der Waals surface area contributed by atoms with Gasteiger partial charge in [-0.3, -0.25) is 15.1 Å². The highest BCUT2D eigenvalue weighted by atomic mass is 35.5. The molecule has 0 aliphatic heterocycles. The van der Waals surface area contributed by atoms with Crippen molar-refractivity contribution in [3.05, 3.63) is 45.2 Å². The highest BCUT2D eigenvalue weighted by Crippen LogP contribution is 2.42. The third-order valence-electron chi connectivity index (χ3n) is 2.92. The number of anilines is 1. The molecule has 0 amide bonds. The average Bonchev–Trinajstić information content (AvgIpc) is 2.40. The molecule has 2 rings (SSSR count). The van der Waals surface area contributed by atoms with E-state index >= 15 is 0 Å². The van der Waals surface area contributed by atoms with Gasteiger partial charge in [-0.15, -0.1) is 0 Å². The zero-order chi connectivity index (χ0) is 14.9. The highest BCUT2D eigenvalue weighted by Gasteiger charge is 2.24. The lowest BCUT2D eigenvalue weighted by molar-refractivity contribution is -0.385. The maximum atomic E-state index is 11.3. The Bertz CT molecular complexity index is 689. The zero-order valence-electron chi connectivity index (χ0n) is 10.9. The summed E-state index contributed by atoms with van der Waals surface area (Å²) in [4.78, 5) is 14.8. The Morgan fingerprint density at radius 3 is 2.70 bits per heavy atom. The van der Waals surface area contributed by atoms with Gasteiger partial charge in [0.25, 0.3) is 0 Å². The largest absolute Gasteiger partial charge is 0.490 e. The molecule has 2 N–H and O–H groups in total. The van der Waals surface area contributed by atoms with Crippen molar-refractivity contribution in [2.24, 2.45) is 0 Å². The van der Waals surface area contributed by atoms with Crippen molar-refractivity contribution < 1.29 is 9.66 Å². The van der Waals surface area contributed by atoms with Gasteiger partial charge in [0, 0.05) is 22.8 Å². The second kappa shape index (κ2) is 5.34. The van der Waals surface area contributed by atoms with Crippen molar-refractivity contribution >= 4 is 23.0 Å². The number of hydrogen-bond acceptors (Lipinski definition) is 5. The molecular weight excluding hydrogens is 282 g/mol. The van der Waals surface area contributed by atoms with Gasteiger partial charge in [-0.2, -0.15) is 0 Å². The number of benzene rings is 1. The minimum Gasteiger partial charge on any atom is -0.490 e. The van der Waals surface area contributed by atoms with E-state index in [1.165, 1.54) is 25.4 Å². The minimum atomic E-state index is -0.514. The van der Waals surface area contributed by atoms with Crippen LogP contribution in [0, 0.1) is 17.0 Å². The molecule has 1 aromatic carbocycles. The molecule has 2 aromatic rings. The minimum absolute atomic E-state index is 0.0892. The lowest BCUT2D eigenvalue weighted by Gasteiger charge is -2.11. The van der Waals surface area contributed by atoms with Gasteiger partial charge in [-0.1, -0.05) is 11.6 Å². The Kier molecular flexibility index (Phi) is 3.76. The summed E-state index contributed by atoms with van der Waals surface area (Å²) in [7, 11) is 1.35. The molecule has 0 radical (unpaired) electrons. The van der Waals surface area contributed by atoms with Crippen LogP contribution in [0.25, 0.3) is 11.1 Å². The van der Waals surface area contributed by atoms with E-state index in [2.05, 4.69) is 4.98 Å². The van der Waals surface area contributed by atoms with Crippen LogP contribution in [0.4, 0.5) is 11.4 Å². The quantitative estimate of drug-likeness (QED) is 0.693. The molecule has 0 aliphatic carbocycles. The molecule has 104 valence electrons. The van der Waals surface area contributed by atoms with E-state index in [4.69, 9.17) is 22.1 Å². The summed E-state index contributed by atoms with van der Waals surface area (Å²) in [5.41, 5.74) is 7.56. The van der Waals surface area contributed by atoms with Gasteiger partial charge in [-0.05, 0) is 19.1 Å². The lowest BCUT2D eigenvalue weighted by atomic mass is 10.0. The van der Waals surface area contributed by atoms with Crippen molar-refractivity contribution in [1.82, 2.24) is 4.98 Å². The second-order valence-electron chi connectivity index (χ2n) is 4.12. The molecule has 0 unspecified atom stereocenters. The van der Waals surface area contributed by atoms with Crippen LogP contribution in [-0.4, -0.2) is 17.0 Å². The first-order valence-corrected chi connectivity index (χ1v) is 6.07. The molecule has 20 heavy (non-hydrogen) atoms. The monoisotopic (exact) mass is 293 g/mol. The number of pyridine rings is 1. The van der Waals surface area contributed by atoms with E-state index in [0.29, 0.717) is 27.5 Å². The topological polar surface area (TPSA) is 91.3 Å². The fourth-order valence-electron chi connectivity index (χ4n) is 1.94. The number of nitrogen functional groups attached to an aromatic ring is 1. The number of nitro groups is 1. The molecule has 0 spiro atoms. The van der Waals surface area contributed by atoms with Crippen LogP contribution in [0.5, 0.6) is 5.75 Å². The van der Waals surface area contributed by atoms with Crippen LogP contribution in [0.2, 0.25) is 5.02 Å². The van der Waals surface area contributed by atoms with Crippen molar-refractivity contribution in [2.45, 2.75) is 6.92 Å². The van der Waals surface area contributed by atoms with Gasteiger partial charge in [0.15, 0.2) is 5.75 Å². The van der Waals surface area contributed by atoms with Gasteiger partial charge >= 0.3 is 5.69 Å². The molecule has 1 heterocycles. The van der Waals surface area contributed by atoms with Crippen molar-refractivity contribution in [3.63, 3.8) is 0 Å². The van der Waals surface area contributed by atoms with Crippen LogP contribution in [0.3, 0.4) is 0 Å². The zero-order valence-corrected chi connectivity index (χ0v) is 11.6. The normalized spacial score (nSPS) is 10.3. The number of methoxy groups -OCH3 is 1. The Hall–Kier alpha value is -2.34. The molecule has 0 bridgehead atoms. The van der Waals surface area contributed by atoms with Crippen LogP contribution in [-0.2, 0) is 0 Å². The molecule has 0 saturated heterocycles. The molecule has 0 aliphatic rings. The van der Waals surface area contributed by atoms with Gasteiger partial charge in [0.05, 0.1) is 29.0 Å². The Morgan fingerprint density at radius 2 is 2.10 bits per heavy atom. The van der Waals surface area contributed by atoms with E-state index in [-0.39, 0.29) is 11.4 Å². The first-order chi connectivity index (χ1) is 9.45. The lowest BCUT2D eigenvalue weighted by Crippen LogP contribution is -2.00. The van der Waals surface area contributed by atoms with Crippen molar-refractivity contribution in [3.8, 4) is 16.9 Å². The first-order valence-electron chi connectivity index (χ1n) is 5.69. The summed E-state index contributed by atoms with van der Waals surface area (Å²) < 4.78 is 5.04. The second-order valence-corrected chi connectivity index (χ2v) is 4.56. The van der Waals surface area contributed by atoms with Gasteiger partial charge in [0.2, 0.25) is 0 Å². The predicted molar refractivity (Wildman–Crippen MR) is 77.0 cm³/mol. The van der Waals surface area contributed by atoms with E-state index in [1.807, 2.05) is 0 Å². The van der Waals surface area contributed by atoms with Crippen LogP contribution in [0.1, 0.15) is 5.69 Å². The number of nitrogens with zero attached hydrogens (tertiary/aromatic N) is 2. The summed E-state index contributed by atoms with van der Waals surface area (Å²) in [6.45, 7) is 1.73. The van der Waals surface area contributed by atoms with Gasteiger partial charge in [0.1, 0.15) is 0 Å². The van der Waals surface area contributed by atoms with Crippen LogP contribution in [0.15, 0.2) is 24.4 Å². The molecule has 0 fully saturated rings. The summed E-state index contributed by atoms with van der Waals surface area (Å²) >= 11 is 5.99. The maximum Gasteiger partial charge on any atom is 0.318 e. The summed E-state index contributed by atoms with van der Waals surface area (Å²) in [5.74, 6) is 0.0892. The molecule has 0 atom stereocenters. The van der Waals surface area contributed by atoms with Crippen LogP contribution >= 0.6 is 11.6 Å². The standard InChI is InChI=1S/C13H12ClN3O3/c1-7-12(15)9(3-4-16-7)10-5-8(14)6-11(20-2)13(10)17(18)19/h3-6H,15H2,1-2H3. The van der Waals surface area contributed by atoms with Crippen molar-refractivity contribution in [1.29, 1.82) is 0 Å². The SMILES string of the molecule is COc1cc(Cl)cc(-c2ccnc(C)c2N)c1[N+](=O)[O-]. The first kappa shape index (κ1) is 14.1. The highest BCUT2D eigenvalue weighted by molar-refractivity contribution is 6.31. The number of rotatable bonds is 3. The Labute approximate surface area is 120 Å². The third kappa shape index (κ3) is 2.37. The number of halogens is 1. The summed E-state index contributed by atoms with van der Waals surface area (Å²) in [6.07, 6.45) is 1.54. The number of aromatic nitrogens is 1. The van der Waals surface area contributed by atoms with Gasteiger partial charge < -0.3 is 10.5 Å². The summed E-state index contributed by atoms with van der Waals surface area (Å²) in [6, 6.07) is 4.50. The summed E-state index contributed by atoms with van der Waals surface area (Å²) in [5, 5.41) is 11.6. The van der Waals surface area contributed by atoms with E-state index in [0.717, 1.165) is 0 Å². The average molecular weight is 294 g/mol. The van der Waals surface area contributed by atoms with Crippen molar-refractivity contribution in [2.75, 3.05) is 12.8 Å². The molecule has 1 aromatic heterocycles. The molecular formula is C13H12ClN3O3. The molecule has 0 saturated carbocycles. The third-order valence-corrected chi connectivity index (χ3v) is 3.14. The van der Waals surface area contributed by atoms with E-state index in [9.17, 15) is 10.1 Å². The number of nitro benzene ring substituents is 1. The number of hydrogen-bond donors (Lipinski definition) is 1. The number of nitrogens with two attached hydrogens (primary N) is 1. The fourth-order valence-corrected chi connectivity index (χ4v) is 2.14. The smallest absolute Gasteiger partial charge is 0.318 e. The van der Waals surface area contributed by atoms with Crippen LogP contribution < -0.4 is 10.5 Å². The predicted octanol–water partition coefficient (Wildman–Crippen LogP) is 3.21. The number of aryl methyl sites for hydroxylation is 1. The Balaban J connectivity index is 2.82. The maximum absolute atomic E-state index is 11.3. The fraction of sp³-hybridized carbons (Fsp3) is 0.154. The Morgan fingerprint density at radius 1 is 1.40 bits per heavy atom. The number of ether oxygens (including phenoxy) is 1. The van der Waals surface area contributed by atoms with E-state index < -0.39 is 4.92 Å². The van der Waals surface area contributed by atoms with Gasteiger partial charge in [-0.25, -0.2) is 0 Å². The molecule has 6 nitrogen and oxygen atoms in total. The molecule has 7 heteroatoms. The van der Waals surface area contributed by atoms with E-state index in [1.54, 1.807) is 13.0 Å².